The topological polar surface area (TPSA) is 62.1 Å². The van der Waals surface area contributed by atoms with Crippen molar-refractivity contribution in [3.8, 4) is 11.8 Å². The molecule has 1 N–H and O–H groups in total. The standard InChI is InChI=1S/C15H18N2O2/c1-15(7-2-8-15)11-17-14(18)10-19-13-5-3-12(9-16)4-6-13/h3-6H,2,7-8,10-11H2,1H3,(H,17,18). The Morgan fingerprint density at radius 3 is 2.63 bits per heavy atom. The molecule has 0 saturated heterocycles. The third kappa shape index (κ3) is 3.72. The molecule has 2 rings (SSSR count). The van der Waals surface area contributed by atoms with E-state index in [2.05, 4.69) is 12.2 Å². The predicted octanol–water partition coefficient (Wildman–Crippen LogP) is 2.24. The summed E-state index contributed by atoms with van der Waals surface area (Å²) in [6.45, 7) is 2.93. The number of nitriles is 1. The lowest BCUT2D eigenvalue weighted by atomic mass is 9.70. The molecule has 100 valence electrons. The Morgan fingerprint density at radius 1 is 1.42 bits per heavy atom. The van der Waals surface area contributed by atoms with Crippen LogP contribution in [0.4, 0.5) is 0 Å². The van der Waals surface area contributed by atoms with Gasteiger partial charge in [-0.25, -0.2) is 0 Å². The summed E-state index contributed by atoms with van der Waals surface area (Å²) in [6.07, 6.45) is 3.63. The van der Waals surface area contributed by atoms with Gasteiger partial charge < -0.3 is 10.1 Å². The van der Waals surface area contributed by atoms with Crippen LogP contribution in [-0.4, -0.2) is 19.1 Å². The van der Waals surface area contributed by atoms with Gasteiger partial charge in [0.2, 0.25) is 0 Å². The van der Waals surface area contributed by atoms with E-state index in [1.165, 1.54) is 19.3 Å². The van der Waals surface area contributed by atoms with Gasteiger partial charge in [0.05, 0.1) is 11.6 Å². The van der Waals surface area contributed by atoms with Crippen molar-refractivity contribution in [3.05, 3.63) is 29.8 Å². The van der Waals surface area contributed by atoms with Crippen LogP contribution in [0.2, 0.25) is 0 Å². The molecule has 1 saturated carbocycles. The van der Waals surface area contributed by atoms with E-state index in [1.807, 2.05) is 6.07 Å². The Labute approximate surface area is 113 Å². The first kappa shape index (κ1) is 13.4. The highest BCUT2D eigenvalue weighted by Crippen LogP contribution is 2.39. The van der Waals surface area contributed by atoms with Crippen molar-refractivity contribution in [2.24, 2.45) is 5.41 Å². The van der Waals surface area contributed by atoms with Crippen molar-refractivity contribution in [1.29, 1.82) is 5.26 Å². The molecular weight excluding hydrogens is 240 g/mol. The molecular formula is C15H18N2O2. The molecule has 1 fully saturated rings. The first-order valence-electron chi connectivity index (χ1n) is 6.51. The van der Waals surface area contributed by atoms with Crippen LogP contribution in [0.3, 0.4) is 0 Å². The summed E-state index contributed by atoms with van der Waals surface area (Å²) in [4.78, 5) is 11.6. The van der Waals surface area contributed by atoms with Crippen molar-refractivity contribution >= 4 is 5.91 Å². The van der Waals surface area contributed by atoms with Crippen LogP contribution in [0, 0.1) is 16.7 Å². The minimum absolute atomic E-state index is 0.0159. The second kappa shape index (κ2) is 5.75. The Hall–Kier alpha value is -2.02. The fraction of sp³-hybridized carbons (Fsp3) is 0.467. The van der Waals surface area contributed by atoms with E-state index in [0.717, 1.165) is 6.54 Å². The number of ether oxygens (including phenoxy) is 1. The monoisotopic (exact) mass is 258 g/mol. The molecule has 1 amide bonds. The zero-order chi connectivity index (χ0) is 13.7. The van der Waals surface area contributed by atoms with E-state index in [1.54, 1.807) is 24.3 Å². The molecule has 4 nitrogen and oxygen atoms in total. The predicted molar refractivity (Wildman–Crippen MR) is 71.6 cm³/mol. The van der Waals surface area contributed by atoms with Gasteiger partial charge in [0.25, 0.3) is 5.91 Å². The van der Waals surface area contributed by atoms with Gasteiger partial charge in [-0.3, -0.25) is 4.79 Å². The Bertz CT molecular complexity index is 484. The number of carbonyl (C=O) groups excluding carboxylic acids is 1. The Balaban J connectivity index is 1.72. The highest BCUT2D eigenvalue weighted by Gasteiger charge is 2.31. The van der Waals surface area contributed by atoms with Gasteiger partial charge in [-0.1, -0.05) is 13.3 Å². The van der Waals surface area contributed by atoms with E-state index in [9.17, 15) is 4.79 Å². The van der Waals surface area contributed by atoms with Crippen LogP contribution in [-0.2, 0) is 4.79 Å². The minimum atomic E-state index is -0.0996. The Kier molecular flexibility index (Phi) is 4.06. The summed E-state index contributed by atoms with van der Waals surface area (Å²) in [5.41, 5.74) is 0.860. The van der Waals surface area contributed by atoms with E-state index in [-0.39, 0.29) is 17.9 Å². The molecule has 0 heterocycles. The van der Waals surface area contributed by atoms with Crippen LogP contribution in [0.1, 0.15) is 31.7 Å². The lowest BCUT2D eigenvalue weighted by Gasteiger charge is -2.38. The van der Waals surface area contributed by atoms with Crippen LogP contribution >= 0.6 is 0 Å². The van der Waals surface area contributed by atoms with Gasteiger partial charge in [-0.2, -0.15) is 5.26 Å². The molecule has 0 aromatic heterocycles. The molecule has 1 aliphatic rings. The van der Waals surface area contributed by atoms with Gasteiger partial charge in [0, 0.05) is 6.54 Å². The number of carbonyl (C=O) groups is 1. The summed E-state index contributed by atoms with van der Waals surface area (Å²) in [5, 5.41) is 11.6. The normalized spacial score (nSPS) is 16.0. The average Bonchev–Trinajstić information content (AvgIpc) is 2.41. The highest BCUT2D eigenvalue weighted by molar-refractivity contribution is 5.77. The van der Waals surface area contributed by atoms with E-state index >= 15 is 0 Å². The number of nitrogens with one attached hydrogen (secondary N) is 1. The summed E-state index contributed by atoms with van der Waals surface area (Å²) in [7, 11) is 0. The smallest absolute Gasteiger partial charge is 0.257 e. The average molecular weight is 258 g/mol. The zero-order valence-electron chi connectivity index (χ0n) is 11.1. The van der Waals surface area contributed by atoms with Crippen molar-refractivity contribution in [3.63, 3.8) is 0 Å². The summed E-state index contributed by atoms with van der Waals surface area (Å²) < 4.78 is 5.36. The third-order valence-corrected chi connectivity index (χ3v) is 3.63. The number of benzene rings is 1. The molecule has 4 heteroatoms. The SMILES string of the molecule is CC1(CNC(=O)COc2ccc(C#N)cc2)CCC1. The van der Waals surface area contributed by atoms with Crippen molar-refractivity contribution < 1.29 is 9.53 Å². The van der Waals surface area contributed by atoms with Crippen molar-refractivity contribution in [2.45, 2.75) is 26.2 Å². The van der Waals surface area contributed by atoms with Crippen LogP contribution < -0.4 is 10.1 Å². The number of amides is 1. The van der Waals surface area contributed by atoms with Crippen LogP contribution in [0.5, 0.6) is 5.75 Å². The van der Waals surface area contributed by atoms with Crippen LogP contribution in [0.25, 0.3) is 0 Å². The van der Waals surface area contributed by atoms with Gasteiger partial charge >= 0.3 is 0 Å². The maximum atomic E-state index is 11.6. The lowest BCUT2D eigenvalue weighted by Crippen LogP contribution is -2.41. The largest absolute Gasteiger partial charge is 0.484 e. The third-order valence-electron chi connectivity index (χ3n) is 3.63. The molecule has 1 aliphatic carbocycles. The second-order valence-corrected chi connectivity index (χ2v) is 5.37. The highest BCUT2D eigenvalue weighted by atomic mass is 16.5. The number of hydrogen-bond donors (Lipinski definition) is 1. The summed E-state index contributed by atoms with van der Waals surface area (Å²) in [5.74, 6) is 0.501. The minimum Gasteiger partial charge on any atom is -0.484 e. The number of rotatable bonds is 5. The van der Waals surface area contributed by atoms with E-state index in [0.29, 0.717) is 11.3 Å². The molecule has 0 radical (unpaired) electrons. The molecule has 0 aliphatic heterocycles. The Morgan fingerprint density at radius 2 is 2.11 bits per heavy atom. The van der Waals surface area contributed by atoms with E-state index < -0.39 is 0 Å². The first-order chi connectivity index (χ1) is 9.11. The zero-order valence-corrected chi connectivity index (χ0v) is 11.1. The van der Waals surface area contributed by atoms with Gasteiger partial charge in [0.15, 0.2) is 6.61 Å². The fourth-order valence-corrected chi connectivity index (χ4v) is 2.09. The molecule has 0 atom stereocenters. The molecule has 1 aromatic carbocycles. The molecule has 1 aromatic rings. The molecule has 19 heavy (non-hydrogen) atoms. The number of hydrogen-bond acceptors (Lipinski definition) is 3. The maximum absolute atomic E-state index is 11.6. The number of nitrogens with zero attached hydrogens (tertiary/aromatic N) is 1. The quantitative estimate of drug-likeness (QED) is 0.881. The van der Waals surface area contributed by atoms with Crippen LogP contribution in [0.15, 0.2) is 24.3 Å². The van der Waals surface area contributed by atoms with Gasteiger partial charge in [-0.15, -0.1) is 0 Å². The summed E-state index contributed by atoms with van der Waals surface area (Å²) in [6, 6.07) is 8.76. The van der Waals surface area contributed by atoms with Crippen molar-refractivity contribution in [2.75, 3.05) is 13.2 Å². The molecule has 0 bridgehead atoms. The molecule has 0 spiro atoms. The lowest BCUT2D eigenvalue weighted by molar-refractivity contribution is -0.123. The van der Waals surface area contributed by atoms with Gasteiger partial charge in [0.1, 0.15) is 5.75 Å². The molecule has 0 unspecified atom stereocenters. The van der Waals surface area contributed by atoms with Gasteiger partial charge in [-0.05, 0) is 42.5 Å². The summed E-state index contributed by atoms with van der Waals surface area (Å²) >= 11 is 0. The maximum Gasteiger partial charge on any atom is 0.257 e. The fourth-order valence-electron chi connectivity index (χ4n) is 2.09. The van der Waals surface area contributed by atoms with E-state index in [4.69, 9.17) is 10.00 Å². The second-order valence-electron chi connectivity index (χ2n) is 5.37. The first-order valence-corrected chi connectivity index (χ1v) is 6.51. The van der Waals surface area contributed by atoms with Crippen molar-refractivity contribution in [1.82, 2.24) is 5.32 Å².